The van der Waals surface area contributed by atoms with Crippen molar-refractivity contribution < 1.29 is 19.1 Å². The van der Waals surface area contributed by atoms with Crippen LogP contribution >= 0.6 is 0 Å². The van der Waals surface area contributed by atoms with Crippen molar-refractivity contribution in [2.45, 2.75) is 13.8 Å². The maximum atomic E-state index is 12.6. The molecule has 3 rings (SSSR count). The molecule has 1 aromatic heterocycles. The Morgan fingerprint density at radius 1 is 1.26 bits per heavy atom. The number of nitrogens with zero attached hydrogens (tertiary/aromatic N) is 2. The van der Waals surface area contributed by atoms with Gasteiger partial charge in [0, 0.05) is 0 Å². The summed E-state index contributed by atoms with van der Waals surface area (Å²) in [7, 11) is 0. The van der Waals surface area contributed by atoms with Crippen molar-refractivity contribution in [3.8, 4) is 0 Å². The minimum Gasteiger partial charge on any atom is -0.478 e. The second kappa shape index (κ2) is 5.57. The van der Waals surface area contributed by atoms with E-state index >= 15 is 0 Å². The van der Waals surface area contributed by atoms with Crippen LogP contribution in [0.1, 0.15) is 28.8 Å². The highest BCUT2D eigenvalue weighted by Crippen LogP contribution is 2.26. The fraction of sp³-hybridized carbons (Fsp3) is 0.118. The summed E-state index contributed by atoms with van der Waals surface area (Å²) in [4.78, 5) is 23.6. The van der Waals surface area contributed by atoms with Crippen LogP contribution < -0.4 is 5.01 Å². The van der Waals surface area contributed by atoms with E-state index in [2.05, 4.69) is 5.10 Å². The maximum absolute atomic E-state index is 12.6. The van der Waals surface area contributed by atoms with Gasteiger partial charge in [-0.3, -0.25) is 4.79 Å². The number of hydrazone groups is 1. The van der Waals surface area contributed by atoms with Crippen LogP contribution in [-0.4, -0.2) is 22.7 Å². The van der Waals surface area contributed by atoms with E-state index < -0.39 is 5.97 Å². The number of furan rings is 1. The van der Waals surface area contributed by atoms with Crippen molar-refractivity contribution in [2.24, 2.45) is 5.10 Å². The molecular formula is C17H14N2O4. The molecule has 0 spiro atoms. The molecule has 0 fully saturated rings. The number of carbonyl (C=O) groups excluding carboxylic acids is 1. The molecule has 6 heteroatoms. The molecule has 116 valence electrons. The molecule has 1 aliphatic rings. The van der Waals surface area contributed by atoms with Crippen molar-refractivity contribution in [1.82, 2.24) is 0 Å². The lowest BCUT2D eigenvalue weighted by Gasteiger charge is -2.12. The van der Waals surface area contributed by atoms with Crippen LogP contribution in [0.25, 0.3) is 6.08 Å². The van der Waals surface area contributed by atoms with Crippen molar-refractivity contribution in [2.75, 3.05) is 5.01 Å². The van der Waals surface area contributed by atoms with E-state index in [1.54, 1.807) is 31.2 Å². The van der Waals surface area contributed by atoms with Crippen LogP contribution in [0.5, 0.6) is 0 Å². The van der Waals surface area contributed by atoms with Gasteiger partial charge in [0.2, 0.25) is 0 Å². The molecule has 0 saturated carbocycles. The normalized spacial score (nSPS) is 16.1. The third-order valence-corrected chi connectivity index (χ3v) is 3.45. The zero-order valence-corrected chi connectivity index (χ0v) is 12.6. The van der Waals surface area contributed by atoms with Crippen LogP contribution in [0.15, 0.2) is 51.5 Å². The second-order valence-corrected chi connectivity index (χ2v) is 5.16. The SMILES string of the molecule is CC1=NN(c2cccc(C(=O)O)c2)C(=O)C1=Cc1ccc(C)o1. The monoisotopic (exact) mass is 310 g/mol. The molecule has 0 bridgehead atoms. The van der Waals surface area contributed by atoms with Gasteiger partial charge < -0.3 is 9.52 Å². The Morgan fingerprint density at radius 2 is 2.04 bits per heavy atom. The summed E-state index contributed by atoms with van der Waals surface area (Å²) in [5, 5.41) is 14.5. The fourth-order valence-electron chi connectivity index (χ4n) is 2.30. The molecule has 23 heavy (non-hydrogen) atoms. The van der Waals surface area contributed by atoms with Gasteiger partial charge in [-0.1, -0.05) is 6.07 Å². The van der Waals surface area contributed by atoms with Crippen molar-refractivity contribution in [1.29, 1.82) is 0 Å². The fourth-order valence-corrected chi connectivity index (χ4v) is 2.30. The number of benzene rings is 1. The molecule has 2 aromatic rings. The summed E-state index contributed by atoms with van der Waals surface area (Å²) in [6.07, 6.45) is 1.63. The first-order chi connectivity index (χ1) is 11.0. The molecule has 0 saturated heterocycles. The van der Waals surface area contributed by atoms with E-state index in [4.69, 9.17) is 9.52 Å². The van der Waals surface area contributed by atoms with Crippen LogP contribution in [-0.2, 0) is 4.79 Å². The van der Waals surface area contributed by atoms with Gasteiger partial charge in [-0.25, -0.2) is 4.79 Å². The number of hydrogen-bond acceptors (Lipinski definition) is 4. The highest BCUT2D eigenvalue weighted by atomic mass is 16.4. The Bertz CT molecular complexity index is 861. The number of carboxylic acid groups (broad SMARTS) is 1. The van der Waals surface area contributed by atoms with Gasteiger partial charge in [-0.15, -0.1) is 0 Å². The van der Waals surface area contributed by atoms with E-state index in [9.17, 15) is 9.59 Å². The van der Waals surface area contributed by atoms with Crippen LogP contribution in [0.2, 0.25) is 0 Å². The van der Waals surface area contributed by atoms with Gasteiger partial charge in [0.15, 0.2) is 0 Å². The molecule has 1 amide bonds. The first kappa shape index (κ1) is 14.8. The van der Waals surface area contributed by atoms with Crippen molar-refractivity contribution in [3.63, 3.8) is 0 Å². The quantitative estimate of drug-likeness (QED) is 0.883. The Labute approximate surface area is 132 Å². The topological polar surface area (TPSA) is 83.1 Å². The van der Waals surface area contributed by atoms with Crippen molar-refractivity contribution >= 4 is 29.4 Å². The summed E-state index contributed by atoms with van der Waals surface area (Å²) in [5.74, 6) is -0.0513. The zero-order valence-electron chi connectivity index (χ0n) is 12.6. The number of carbonyl (C=O) groups is 2. The lowest BCUT2D eigenvalue weighted by molar-refractivity contribution is -0.114. The number of carboxylic acids is 1. The Balaban J connectivity index is 1.95. The Hall–Kier alpha value is -3.15. The molecule has 0 unspecified atom stereocenters. The third-order valence-electron chi connectivity index (χ3n) is 3.45. The van der Waals surface area contributed by atoms with Crippen LogP contribution in [0.3, 0.4) is 0 Å². The highest BCUT2D eigenvalue weighted by molar-refractivity contribution is 6.32. The summed E-state index contributed by atoms with van der Waals surface area (Å²) in [5.41, 5.74) is 1.47. The number of aryl methyl sites for hydroxylation is 1. The van der Waals surface area contributed by atoms with E-state index in [1.165, 1.54) is 17.1 Å². The third kappa shape index (κ3) is 2.78. The maximum Gasteiger partial charge on any atom is 0.335 e. The minimum atomic E-state index is -1.05. The number of hydrogen-bond donors (Lipinski definition) is 1. The zero-order chi connectivity index (χ0) is 16.6. The predicted molar refractivity (Wildman–Crippen MR) is 85.4 cm³/mol. The molecule has 1 N–H and O–H groups in total. The first-order valence-corrected chi connectivity index (χ1v) is 6.97. The molecule has 1 aliphatic heterocycles. The molecule has 1 aromatic carbocycles. The van der Waals surface area contributed by atoms with Gasteiger partial charge in [-0.2, -0.15) is 10.1 Å². The number of rotatable bonds is 3. The standard InChI is InChI=1S/C17H14N2O4/c1-10-6-7-14(23-10)9-15-11(2)18-19(16(15)20)13-5-3-4-12(8-13)17(21)22/h3-9H,1-2H3,(H,21,22). The average molecular weight is 310 g/mol. The van der Waals surface area contributed by atoms with Gasteiger partial charge in [-0.05, 0) is 50.3 Å². The summed E-state index contributed by atoms with van der Waals surface area (Å²) in [6, 6.07) is 9.68. The Morgan fingerprint density at radius 3 is 2.70 bits per heavy atom. The molecule has 0 radical (unpaired) electrons. The average Bonchev–Trinajstić information content (AvgIpc) is 3.05. The lowest BCUT2D eigenvalue weighted by Crippen LogP contribution is -2.21. The molecule has 0 aliphatic carbocycles. The summed E-state index contributed by atoms with van der Waals surface area (Å²) >= 11 is 0. The van der Waals surface area contributed by atoms with Crippen molar-refractivity contribution in [3.05, 3.63) is 59.1 Å². The number of anilines is 1. The predicted octanol–water partition coefficient (Wildman–Crippen LogP) is 3.09. The summed E-state index contributed by atoms with van der Waals surface area (Å²) in [6.45, 7) is 3.55. The van der Waals surface area contributed by atoms with E-state index in [-0.39, 0.29) is 11.5 Å². The number of amides is 1. The molecule has 6 nitrogen and oxygen atoms in total. The molecule has 0 atom stereocenters. The van der Waals surface area contributed by atoms with Gasteiger partial charge in [0.25, 0.3) is 5.91 Å². The van der Waals surface area contributed by atoms with Gasteiger partial charge in [0.1, 0.15) is 11.5 Å². The second-order valence-electron chi connectivity index (χ2n) is 5.16. The minimum absolute atomic E-state index is 0.0993. The molecular weight excluding hydrogens is 296 g/mol. The molecule has 2 heterocycles. The van der Waals surface area contributed by atoms with E-state index in [0.717, 1.165) is 5.76 Å². The summed E-state index contributed by atoms with van der Waals surface area (Å²) < 4.78 is 5.45. The van der Waals surface area contributed by atoms with Crippen LogP contribution in [0.4, 0.5) is 5.69 Å². The number of aromatic carboxylic acids is 1. The first-order valence-electron chi connectivity index (χ1n) is 6.97. The smallest absolute Gasteiger partial charge is 0.335 e. The van der Waals surface area contributed by atoms with Gasteiger partial charge in [0.05, 0.1) is 22.5 Å². The van der Waals surface area contributed by atoms with Gasteiger partial charge >= 0.3 is 5.97 Å². The van der Waals surface area contributed by atoms with E-state index in [1.807, 2.05) is 13.0 Å². The highest BCUT2D eigenvalue weighted by Gasteiger charge is 2.29. The Kier molecular flexibility index (Phi) is 3.57. The van der Waals surface area contributed by atoms with Crippen LogP contribution in [0, 0.1) is 6.92 Å². The lowest BCUT2D eigenvalue weighted by atomic mass is 10.1. The van der Waals surface area contributed by atoms with E-state index in [0.29, 0.717) is 22.7 Å². The largest absolute Gasteiger partial charge is 0.478 e.